The Hall–Kier alpha value is -0.380. The molecule has 2 atom stereocenters. The van der Waals surface area contributed by atoms with Gasteiger partial charge >= 0.3 is 0 Å². The summed E-state index contributed by atoms with van der Waals surface area (Å²) in [6.45, 7) is 10.6. The van der Waals surface area contributed by atoms with Crippen molar-refractivity contribution in [2.24, 2.45) is 0 Å². The minimum atomic E-state index is -0.300. The molecule has 1 heterocycles. The molecule has 0 bridgehead atoms. The van der Waals surface area contributed by atoms with E-state index in [-0.39, 0.29) is 11.6 Å². The number of hydrogen-bond donors (Lipinski definition) is 1. The normalized spacial score (nSPS) is 17.1. The van der Waals surface area contributed by atoms with E-state index >= 15 is 0 Å². The highest BCUT2D eigenvalue weighted by Gasteiger charge is 2.35. The third-order valence-corrected chi connectivity index (χ3v) is 4.79. The van der Waals surface area contributed by atoms with E-state index in [9.17, 15) is 5.11 Å². The SMILES string of the molecule is CCN(CC)C(C)(CC)C(O)Cc1cccs1. The van der Waals surface area contributed by atoms with Gasteiger partial charge in [0, 0.05) is 16.8 Å². The number of thiophene rings is 1. The smallest absolute Gasteiger partial charge is 0.0769 e. The van der Waals surface area contributed by atoms with Crippen molar-refractivity contribution in [3.05, 3.63) is 22.4 Å². The fraction of sp³-hybridized carbons (Fsp3) is 0.714. The second kappa shape index (κ2) is 6.53. The maximum absolute atomic E-state index is 10.5. The first-order valence-corrected chi connectivity index (χ1v) is 7.41. The monoisotopic (exact) mass is 255 g/mol. The highest BCUT2D eigenvalue weighted by molar-refractivity contribution is 7.09. The lowest BCUT2D eigenvalue weighted by Gasteiger charge is -2.43. The van der Waals surface area contributed by atoms with Crippen LogP contribution in [0.5, 0.6) is 0 Å². The standard InChI is InChI=1S/C14H25NOS/c1-5-14(4,15(6-2)7-3)13(16)11-12-9-8-10-17-12/h8-10,13,16H,5-7,11H2,1-4H3. The van der Waals surface area contributed by atoms with Gasteiger partial charge in [0.25, 0.3) is 0 Å². The van der Waals surface area contributed by atoms with Gasteiger partial charge in [-0.25, -0.2) is 0 Å². The molecule has 0 aliphatic rings. The molecule has 1 N–H and O–H groups in total. The van der Waals surface area contributed by atoms with E-state index in [0.29, 0.717) is 0 Å². The fourth-order valence-electron chi connectivity index (χ4n) is 2.46. The van der Waals surface area contributed by atoms with E-state index in [1.54, 1.807) is 11.3 Å². The van der Waals surface area contributed by atoms with Gasteiger partial charge in [-0.1, -0.05) is 26.8 Å². The predicted octanol–water partition coefficient (Wildman–Crippen LogP) is 3.16. The van der Waals surface area contributed by atoms with E-state index in [2.05, 4.69) is 44.0 Å². The van der Waals surface area contributed by atoms with Gasteiger partial charge in [-0.05, 0) is 37.9 Å². The highest BCUT2D eigenvalue weighted by Crippen LogP contribution is 2.27. The van der Waals surface area contributed by atoms with Gasteiger partial charge < -0.3 is 5.11 Å². The molecule has 0 saturated heterocycles. The predicted molar refractivity (Wildman–Crippen MR) is 75.6 cm³/mol. The lowest BCUT2D eigenvalue weighted by Crippen LogP contribution is -2.54. The zero-order valence-electron chi connectivity index (χ0n) is 11.4. The molecule has 17 heavy (non-hydrogen) atoms. The van der Waals surface area contributed by atoms with Crippen molar-refractivity contribution in [2.75, 3.05) is 13.1 Å². The molecule has 2 nitrogen and oxygen atoms in total. The van der Waals surface area contributed by atoms with Crippen molar-refractivity contribution in [3.63, 3.8) is 0 Å². The summed E-state index contributed by atoms with van der Waals surface area (Å²) in [5.41, 5.74) is -0.118. The molecule has 0 amide bonds. The quantitative estimate of drug-likeness (QED) is 0.809. The molecule has 0 fully saturated rings. The first kappa shape index (κ1) is 14.7. The third-order valence-electron chi connectivity index (χ3n) is 3.89. The third kappa shape index (κ3) is 3.30. The molecule has 98 valence electrons. The fourth-order valence-corrected chi connectivity index (χ4v) is 3.20. The van der Waals surface area contributed by atoms with E-state index in [1.165, 1.54) is 4.88 Å². The maximum Gasteiger partial charge on any atom is 0.0769 e. The summed E-state index contributed by atoms with van der Waals surface area (Å²) in [5.74, 6) is 0. The summed E-state index contributed by atoms with van der Waals surface area (Å²) >= 11 is 1.73. The van der Waals surface area contributed by atoms with Crippen molar-refractivity contribution in [3.8, 4) is 0 Å². The van der Waals surface area contributed by atoms with E-state index in [4.69, 9.17) is 0 Å². The molecule has 2 unspecified atom stereocenters. The minimum Gasteiger partial charge on any atom is -0.391 e. The molecule has 0 spiro atoms. The summed E-state index contributed by atoms with van der Waals surface area (Å²) < 4.78 is 0. The van der Waals surface area contributed by atoms with Gasteiger partial charge in [-0.15, -0.1) is 11.3 Å². The Kier molecular flexibility index (Phi) is 5.63. The Labute approximate surface area is 109 Å². The van der Waals surface area contributed by atoms with Gasteiger partial charge in [-0.2, -0.15) is 0 Å². The summed E-state index contributed by atoms with van der Waals surface area (Å²) in [6, 6.07) is 4.15. The number of likely N-dealkylation sites (N-methyl/N-ethyl adjacent to an activating group) is 1. The number of nitrogens with zero attached hydrogens (tertiary/aromatic N) is 1. The van der Waals surface area contributed by atoms with Crippen LogP contribution in [0.4, 0.5) is 0 Å². The van der Waals surface area contributed by atoms with Crippen molar-refractivity contribution in [1.82, 2.24) is 4.90 Å². The van der Waals surface area contributed by atoms with Crippen LogP contribution in [0.25, 0.3) is 0 Å². The second-order valence-electron chi connectivity index (χ2n) is 4.68. The molecule has 1 rings (SSSR count). The van der Waals surface area contributed by atoms with Crippen molar-refractivity contribution in [2.45, 2.75) is 52.2 Å². The van der Waals surface area contributed by atoms with Crippen LogP contribution in [0.1, 0.15) is 39.0 Å². The Morgan fingerprint density at radius 3 is 2.41 bits per heavy atom. The number of aliphatic hydroxyl groups excluding tert-OH is 1. The van der Waals surface area contributed by atoms with E-state index in [1.807, 2.05) is 6.07 Å². The lowest BCUT2D eigenvalue weighted by molar-refractivity contribution is -0.0186. The topological polar surface area (TPSA) is 23.5 Å². The van der Waals surface area contributed by atoms with Crippen molar-refractivity contribution >= 4 is 11.3 Å². The molecule has 0 aromatic carbocycles. The first-order chi connectivity index (χ1) is 8.08. The van der Waals surface area contributed by atoms with Crippen molar-refractivity contribution < 1.29 is 5.11 Å². The zero-order valence-corrected chi connectivity index (χ0v) is 12.3. The maximum atomic E-state index is 10.5. The molecule has 0 saturated carbocycles. The van der Waals surface area contributed by atoms with Gasteiger partial charge in [-0.3, -0.25) is 4.90 Å². The molecule has 0 aliphatic heterocycles. The summed E-state index contributed by atoms with van der Waals surface area (Å²) in [7, 11) is 0. The average molecular weight is 255 g/mol. The van der Waals surface area contributed by atoms with Crippen LogP contribution in [0, 0.1) is 0 Å². The summed E-state index contributed by atoms with van der Waals surface area (Å²) in [4.78, 5) is 3.63. The largest absolute Gasteiger partial charge is 0.391 e. The van der Waals surface area contributed by atoms with Crippen molar-refractivity contribution in [1.29, 1.82) is 0 Å². The molecule has 1 aromatic heterocycles. The molecular weight excluding hydrogens is 230 g/mol. The summed E-state index contributed by atoms with van der Waals surface area (Å²) in [6.07, 6.45) is 1.44. The Bertz CT molecular complexity index is 308. The van der Waals surface area contributed by atoms with Crippen LogP contribution in [-0.2, 0) is 6.42 Å². The van der Waals surface area contributed by atoms with Crippen LogP contribution in [-0.4, -0.2) is 34.7 Å². The highest BCUT2D eigenvalue weighted by atomic mass is 32.1. The minimum absolute atomic E-state index is 0.118. The van der Waals surface area contributed by atoms with Crippen LogP contribution >= 0.6 is 11.3 Å². The molecule has 1 aromatic rings. The van der Waals surface area contributed by atoms with Gasteiger partial charge in [0.15, 0.2) is 0 Å². The molecular formula is C14H25NOS. The Morgan fingerprint density at radius 2 is 2.00 bits per heavy atom. The van der Waals surface area contributed by atoms with Gasteiger partial charge in [0.1, 0.15) is 0 Å². The van der Waals surface area contributed by atoms with Crippen LogP contribution in [0.2, 0.25) is 0 Å². The molecule has 3 heteroatoms. The number of hydrogen-bond acceptors (Lipinski definition) is 3. The van der Waals surface area contributed by atoms with Gasteiger partial charge in [0.05, 0.1) is 6.10 Å². The van der Waals surface area contributed by atoms with Crippen LogP contribution < -0.4 is 0 Å². The Morgan fingerprint density at radius 1 is 1.35 bits per heavy atom. The van der Waals surface area contributed by atoms with E-state index in [0.717, 1.165) is 25.9 Å². The lowest BCUT2D eigenvalue weighted by atomic mass is 9.87. The first-order valence-electron chi connectivity index (χ1n) is 6.53. The Balaban J connectivity index is 2.77. The van der Waals surface area contributed by atoms with E-state index < -0.39 is 0 Å². The second-order valence-corrected chi connectivity index (χ2v) is 5.71. The number of aliphatic hydroxyl groups is 1. The van der Waals surface area contributed by atoms with Crippen LogP contribution in [0.3, 0.4) is 0 Å². The molecule has 0 radical (unpaired) electrons. The molecule has 0 aliphatic carbocycles. The van der Waals surface area contributed by atoms with Gasteiger partial charge in [0.2, 0.25) is 0 Å². The average Bonchev–Trinajstić information content (AvgIpc) is 2.82. The number of rotatable bonds is 7. The zero-order chi connectivity index (χ0) is 12.9. The summed E-state index contributed by atoms with van der Waals surface area (Å²) in [5, 5.41) is 12.6. The van der Waals surface area contributed by atoms with Crippen LogP contribution in [0.15, 0.2) is 17.5 Å².